The molecule has 28 heavy (non-hydrogen) atoms. The summed E-state index contributed by atoms with van der Waals surface area (Å²) in [4.78, 5) is 47.7. The van der Waals surface area contributed by atoms with Crippen LogP contribution in [0.1, 0.15) is 32.8 Å². The van der Waals surface area contributed by atoms with Gasteiger partial charge in [0.2, 0.25) is 17.7 Å². The maximum absolute atomic E-state index is 12.7. The van der Waals surface area contributed by atoms with Gasteiger partial charge >= 0.3 is 0 Å². The number of carbonyl (C=O) groups excluding carboxylic acids is 4. The van der Waals surface area contributed by atoms with Gasteiger partial charge in [0.05, 0.1) is 6.61 Å². The van der Waals surface area contributed by atoms with E-state index in [4.69, 9.17) is 5.11 Å². The summed E-state index contributed by atoms with van der Waals surface area (Å²) < 4.78 is 0. The normalized spacial score (nSPS) is 13.9. The van der Waals surface area contributed by atoms with Crippen LogP contribution in [0.4, 0.5) is 0 Å². The summed E-state index contributed by atoms with van der Waals surface area (Å²) >= 11 is 0. The molecule has 0 spiro atoms. The monoisotopic (exact) mass is 391 g/mol. The molecule has 0 radical (unpaired) electrons. The fourth-order valence-electron chi connectivity index (χ4n) is 2.69. The van der Waals surface area contributed by atoms with Crippen molar-refractivity contribution in [2.24, 2.45) is 5.92 Å². The van der Waals surface area contributed by atoms with Gasteiger partial charge in [-0.3, -0.25) is 14.4 Å². The molecule has 0 aliphatic rings. The smallest absolute Gasteiger partial charge is 0.243 e. The fourth-order valence-corrected chi connectivity index (χ4v) is 2.69. The van der Waals surface area contributed by atoms with E-state index in [0.29, 0.717) is 12.7 Å². The summed E-state index contributed by atoms with van der Waals surface area (Å²) in [6, 6.07) is 6.30. The largest absolute Gasteiger partial charge is 0.394 e. The Kier molecular flexibility index (Phi) is 9.87. The zero-order valence-electron chi connectivity index (χ0n) is 16.5. The van der Waals surface area contributed by atoms with E-state index >= 15 is 0 Å². The second-order valence-electron chi connectivity index (χ2n) is 7.07. The molecule has 0 unspecified atom stereocenters. The molecule has 0 fully saturated rings. The van der Waals surface area contributed by atoms with Crippen molar-refractivity contribution in [3.63, 3.8) is 0 Å². The molecule has 8 nitrogen and oxygen atoms in total. The van der Waals surface area contributed by atoms with Crippen molar-refractivity contribution in [2.45, 2.75) is 51.7 Å². The molecule has 0 aliphatic carbocycles. The van der Waals surface area contributed by atoms with Gasteiger partial charge < -0.3 is 25.9 Å². The van der Waals surface area contributed by atoms with Crippen LogP contribution >= 0.6 is 0 Å². The van der Waals surface area contributed by atoms with Crippen molar-refractivity contribution < 1.29 is 24.3 Å². The van der Waals surface area contributed by atoms with E-state index < -0.39 is 36.5 Å². The van der Waals surface area contributed by atoms with Gasteiger partial charge in [-0.05, 0) is 17.9 Å². The Morgan fingerprint density at radius 2 is 1.61 bits per heavy atom. The highest BCUT2D eigenvalue weighted by Crippen LogP contribution is 2.08. The van der Waals surface area contributed by atoms with E-state index in [1.54, 1.807) is 0 Å². The molecule has 0 aromatic heterocycles. The summed E-state index contributed by atoms with van der Waals surface area (Å²) in [6.07, 6.45) is 1.04. The first-order valence-corrected chi connectivity index (χ1v) is 9.24. The Morgan fingerprint density at radius 3 is 2.11 bits per heavy atom. The molecule has 0 bridgehead atoms. The predicted octanol–water partition coefficient (Wildman–Crippen LogP) is -0.0593. The van der Waals surface area contributed by atoms with Gasteiger partial charge in [0.15, 0.2) is 0 Å². The molecular formula is C20H29N3O5. The molecule has 0 saturated heterocycles. The minimum atomic E-state index is -1.05. The van der Waals surface area contributed by atoms with Gasteiger partial charge in [0, 0.05) is 13.3 Å². The van der Waals surface area contributed by atoms with Crippen molar-refractivity contribution in [3.05, 3.63) is 35.9 Å². The van der Waals surface area contributed by atoms with Gasteiger partial charge in [0.1, 0.15) is 24.4 Å². The topological polar surface area (TPSA) is 125 Å². The van der Waals surface area contributed by atoms with Gasteiger partial charge in [0.25, 0.3) is 0 Å². The third-order valence-corrected chi connectivity index (χ3v) is 4.01. The standard InChI is InChI=1S/C20H29N3O5/c1-13(2)9-17(21-14(3)26)20(28)23-18(10-15-7-5-4-6-8-15)19(27)22-16(11-24)12-25/h4-8,11,13,16-18,25H,9-10,12H2,1-3H3,(H,21,26)(H,22,27)(H,23,28)/t16-,17+,18+/m1/s1. The number of nitrogens with one attached hydrogen (secondary N) is 3. The Bertz CT molecular complexity index is 663. The second kappa shape index (κ2) is 11.9. The fraction of sp³-hybridized carbons (Fsp3) is 0.500. The highest BCUT2D eigenvalue weighted by molar-refractivity contribution is 5.92. The number of hydrogen-bond donors (Lipinski definition) is 4. The number of aldehydes is 1. The molecule has 3 atom stereocenters. The number of amides is 3. The first-order valence-electron chi connectivity index (χ1n) is 9.24. The van der Waals surface area contributed by atoms with Crippen molar-refractivity contribution in [2.75, 3.05) is 6.61 Å². The molecule has 154 valence electrons. The van der Waals surface area contributed by atoms with Crippen LogP contribution in [-0.2, 0) is 25.6 Å². The third kappa shape index (κ3) is 8.30. The molecule has 1 rings (SSSR count). The molecule has 8 heteroatoms. The molecule has 1 aromatic carbocycles. The highest BCUT2D eigenvalue weighted by atomic mass is 16.3. The van der Waals surface area contributed by atoms with Crippen molar-refractivity contribution in [3.8, 4) is 0 Å². The first-order chi connectivity index (χ1) is 13.3. The van der Waals surface area contributed by atoms with Crippen molar-refractivity contribution in [1.82, 2.24) is 16.0 Å². The summed E-state index contributed by atoms with van der Waals surface area (Å²) in [6.45, 7) is 4.63. The lowest BCUT2D eigenvalue weighted by molar-refractivity contribution is -0.132. The van der Waals surface area contributed by atoms with Gasteiger partial charge in [-0.25, -0.2) is 0 Å². The average molecular weight is 391 g/mol. The van der Waals surface area contributed by atoms with E-state index in [1.165, 1.54) is 6.92 Å². The van der Waals surface area contributed by atoms with Crippen LogP contribution in [0, 0.1) is 5.92 Å². The van der Waals surface area contributed by atoms with Crippen molar-refractivity contribution in [1.29, 1.82) is 0 Å². The number of carbonyl (C=O) groups is 4. The number of aliphatic hydroxyl groups is 1. The summed E-state index contributed by atoms with van der Waals surface area (Å²) in [5.41, 5.74) is 0.814. The average Bonchev–Trinajstić information content (AvgIpc) is 2.64. The Morgan fingerprint density at radius 1 is 1.00 bits per heavy atom. The highest BCUT2D eigenvalue weighted by Gasteiger charge is 2.28. The van der Waals surface area contributed by atoms with Crippen LogP contribution in [0.15, 0.2) is 30.3 Å². The van der Waals surface area contributed by atoms with Crippen LogP contribution < -0.4 is 16.0 Å². The zero-order chi connectivity index (χ0) is 21.1. The molecule has 0 aliphatic heterocycles. The van der Waals surface area contributed by atoms with Crippen LogP contribution in [0.25, 0.3) is 0 Å². The van der Waals surface area contributed by atoms with Gasteiger partial charge in [-0.2, -0.15) is 0 Å². The van der Waals surface area contributed by atoms with Crippen LogP contribution in [0.2, 0.25) is 0 Å². The lowest BCUT2D eigenvalue weighted by atomic mass is 10.0. The zero-order valence-corrected chi connectivity index (χ0v) is 16.5. The number of aliphatic hydroxyl groups excluding tert-OH is 1. The Balaban J connectivity index is 2.98. The van der Waals surface area contributed by atoms with Gasteiger partial charge in [-0.15, -0.1) is 0 Å². The summed E-state index contributed by atoms with van der Waals surface area (Å²) in [5, 5.41) is 16.8. The lowest BCUT2D eigenvalue weighted by Crippen LogP contribution is -2.56. The summed E-state index contributed by atoms with van der Waals surface area (Å²) in [7, 11) is 0. The van der Waals surface area contributed by atoms with E-state index in [9.17, 15) is 19.2 Å². The van der Waals surface area contributed by atoms with E-state index in [0.717, 1.165) is 5.56 Å². The SMILES string of the molecule is CC(=O)N[C@@H](CC(C)C)C(=O)N[C@@H](Cc1ccccc1)C(=O)N[C@H](C=O)CO. The molecule has 4 N–H and O–H groups in total. The maximum Gasteiger partial charge on any atom is 0.243 e. The van der Waals surface area contributed by atoms with Crippen LogP contribution in [0.5, 0.6) is 0 Å². The predicted molar refractivity (Wildman–Crippen MR) is 104 cm³/mol. The number of rotatable bonds is 11. The van der Waals surface area contributed by atoms with E-state index in [1.807, 2.05) is 44.2 Å². The molecular weight excluding hydrogens is 362 g/mol. The minimum absolute atomic E-state index is 0.151. The third-order valence-electron chi connectivity index (χ3n) is 4.01. The van der Waals surface area contributed by atoms with E-state index in [-0.39, 0.29) is 18.2 Å². The molecule has 1 aromatic rings. The molecule has 0 heterocycles. The summed E-state index contributed by atoms with van der Waals surface area (Å²) in [5.74, 6) is -1.26. The van der Waals surface area contributed by atoms with E-state index in [2.05, 4.69) is 16.0 Å². The number of benzene rings is 1. The quantitative estimate of drug-likeness (QED) is 0.394. The Labute approximate surface area is 165 Å². The lowest BCUT2D eigenvalue weighted by Gasteiger charge is -2.24. The Hall–Kier alpha value is -2.74. The molecule has 3 amide bonds. The maximum atomic E-state index is 12.7. The number of hydrogen-bond acceptors (Lipinski definition) is 5. The van der Waals surface area contributed by atoms with Crippen molar-refractivity contribution >= 4 is 24.0 Å². The second-order valence-corrected chi connectivity index (χ2v) is 7.07. The van der Waals surface area contributed by atoms with Gasteiger partial charge in [-0.1, -0.05) is 44.2 Å². The van der Waals surface area contributed by atoms with Crippen LogP contribution in [0.3, 0.4) is 0 Å². The minimum Gasteiger partial charge on any atom is -0.394 e. The van der Waals surface area contributed by atoms with Crippen LogP contribution in [-0.4, -0.2) is 53.8 Å². The first kappa shape index (κ1) is 23.3. The molecule has 0 saturated carbocycles.